The molecule has 0 atom stereocenters. The number of benzene rings is 1. The third-order valence-corrected chi connectivity index (χ3v) is 2.51. The number of nitrogens with zero attached hydrogens (tertiary/aromatic N) is 1. The van der Waals surface area contributed by atoms with Crippen molar-refractivity contribution < 1.29 is 0 Å². The summed E-state index contributed by atoms with van der Waals surface area (Å²) < 4.78 is 0. The maximum absolute atomic E-state index is 8.58. The molecule has 0 bridgehead atoms. The van der Waals surface area contributed by atoms with Crippen molar-refractivity contribution in [3.05, 3.63) is 42.0 Å². The summed E-state index contributed by atoms with van der Waals surface area (Å²) in [6.07, 6.45) is 1.60. The van der Waals surface area contributed by atoms with Crippen LogP contribution in [0.3, 0.4) is 0 Å². The van der Waals surface area contributed by atoms with Crippen LogP contribution in [0.15, 0.2) is 36.4 Å². The third kappa shape index (κ3) is 2.96. The lowest BCUT2D eigenvalue weighted by atomic mass is 10.2. The number of hydrogen-bond acceptors (Lipinski definition) is 2. The minimum Gasteiger partial charge on any atom is -0.193 e. The Labute approximate surface area is 83.1 Å². The van der Waals surface area contributed by atoms with Gasteiger partial charge in [0.05, 0.1) is 6.07 Å². The molecule has 1 nitrogen and oxygen atoms in total. The van der Waals surface area contributed by atoms with Crippen LogP contribution in [0.2, 0.25) is 0 Å². The molecule has 0 aliphatic heterocycles. The lowest BCUT2D eigenvalue weighted by molar-refractivity contribution is 1.52. The highest BCUT2D eigenvalue weighted by atomic mass is 32.2. The van der Waals surface area contributed by atoms with E-state index >= 15 is 0 Å². The van der Waals surface area contributed by atoms with Crippen LogP contribution in [0.4, 0.5) is 0 Å². The Kier molecular flexibility index (Phi) is 4.14. The van der Waals surface area contributed by atoms with E-state index in [-0.39, 0.29) is 0 Å². The molecule has 0 aliphatic carbocycles. The van der Waals surface area contributed by atoms with Crippen LogP contribution in [0, 0.1) is 11.3 Å². The molecule has 0 heterocycles. The van der Waals surface area contributed by atoms with Crippen molar-refractivity contribution in [1.29, 1.82) is 5.26 Å². The molecule has 0 fully saturated rings. The van der Waals surface area contributed by atoms with Gasteiger partial charge in [0.25, 0.3) is 0 Å². The molecule has 0 N–H and O–H groups in total. The summed E-state index contributed by atoms with van der Waals surface area (Å²) in [5.41, 5.74) is 1.12. The molecular weight excluding hydrogens is 178 g/mol. The summed E-state index contributed by atoms with van der Waals surface area (Å²) in [6, 6.07) is 12.0. The second-order valence-corrected chi connectivity index (χ2v) is 3.74. The Balaban J connectivity index is 2.91. The van der Waals surface area contributed by atoms with Crippen molar-refractivity contribution >= 4 is 16.7 Å². The fraction of sp³-hybridized carbons (Fsp3) is 0.182. The van der Waals surface area contributed by atoms with E-state index in [1.54, 1.807) is 17.8 Å². The molecule has 1 aromatic rings. The smallest absolute Gasteiger partial charge is 0.0923 e. The normalized spacial score (nSPS) is 10.9. The lowest BCUT2D eigenvalue weighted by Crippen LogP contribution is -1.79. The Morgan fingerprint density at radius 1 is 1.46 bits per heavy atom. The highest BCUT2D eigenvalue weighted by molar-refractivity contribution is 8.08. The number of hydrogen-bond donors (Lipinski definition) is 0. The summed E-state index contributed by atoms with van der Waals surface area (Å²) in [6.45, 7) is 2.08. The first-order valence-corrected chi connectivity index (χ1v) is 5.15. The zero-order valence-corrected chi connectivity index (χ0v) is 8.34. The predicted molar refractivity (Wildman–Crippen MR) is 58.2 cm³/mol. The lowest BCUT2D eigenvalue weighted by Gasteiger charge is -2.02. The number of nitriles is 1. The van der Waals surface area contributed by atoms with Gasteiger partial charge in [-0.2, -0.15) is 5.26 Å². The van der Waals surface area contributed by atoms with Crippen LogP contribution in [0.5, 0.6) is 0 Å². The summed E-state index contributed by atoms with van der Waals surface area (Å²) in [4.78, 5) is 1.05. The first-order valence-electron chi connectivity index (χ1n) is 4.16. The molecule has 0 radical (unpaired) electrons. The Hall–Kier alpha value is -1.20. The van der Waals surface area contributed by atoms with Gasteiger partial charge >= 0.3 is 0 Å². The van der Waals surface area contributed by atoms with E-state index in [0.717, 1.165) is 16.2 Å². The van der Waals surface area contributed by atoms with E-state index in [1.807, 2.05) is 30.3 Å². The average molecular weight is 189 g/mol. The zero-order valence-electron chi connectivity index (χ0n) is 7.53. The molecule has 66 valence electrons. The van der Waals surface area contributed by atoms with E-state index in [2.05, 4.69) is 13.0 Å². The Morgan fingerprint density at radius 3 is 2.69 bits per heavy atom. The molecule has 0 amide bonds. The van der Waals surface area contributed by atoms with Crippen LogP contribution >= 0.6 is 11.8 Å². The molecule has 0 saturated carbocycles. The van der Waals surface area contributed by atoms with E-state index in [9.17, 15) is 0 Å². The van der Waals surface area contributed by atoms with E-state index in [0.29, 0.717) is 0 Å². The minimum atomic E-state index is 0.988. The van der Waals surface area contributed by atoms with E-state index in [4.69, 9.17) is 5.26 Å². The number of rotatable bonds is 3. The first-order chi connectivity index (χ1) is 6.38. The largest absolute Gasteiger partial charge is 0.193 e. The van der Waals surface area contributed by atoms with E-state index in [1.165, 1.54) is 0 Å². The molecule has 1 aromatic carbocycles. The van der Waals surface area contributed by atoms with Gasteiger partial charge in [0.15, 0.2) is 0 Å². The zero-order chi connectivity index (χ0) is 9.52. The number of allylic oxidation sites excluding steroid dienone is 1. The molecule has 0 aromatic heterocycles. The van der Waals surface area contributed by atoms with Crippen LogP contribution in [0.1, 0.15) is 12.5 Å². The number of thioether (sulfide) groups is 1. The summed E-state index contributed by atoms with van der Waals surface area (Å²) >= 11 is 1.69. The second kappa shape index (κ2) is 5.45. The average Bonchev–Trinajstić information content (AvgIpc) is 2.19. The van der Waals surface area contributed by atoms with Crippen molar-refractivity contribution in [2.24, 2.45) is 0 Å². The van der Waals surface area contributed by atoms with Gasteiger partial charge in [0.1, 0.15) is 0 Å². The van der Waals surface area contributed by atoms with Gasteiger partial charge in [0.2, 0.25) is 0 Å². The molecule has 0 saturated heterocycles. The van der Waals surface area contributed by atoms with Gasteiger partial charge in [0, 0.05) is 11.0 Å². The fourth-order valence-electron chi connectivity index (χ4n) is 1.02. The maximum atomic E-state index is 8.58. The van der Waals surface area contributed by atoms with Crippen molar-refractivity contribution in [2.45, 2.75) is 6.92 Å². The van der Waals surface area contributed by atoms with Gasteiger partial charge in [-0.15, -0.1) is 11.8 Å². The SMILES string of the molecule is CCS/C(=C\C#N)c1ccccc1. The third-order valence-electron chi connectivity index (χ3n) is 1.55. The Morgan fingerprint density at radius 2 is 2.15 bits per heavy atom. The second-order valence-electron chi connectivity index (χ2n) is 2.44. The van der Waals surface area contributed by atoms with Crippen molar-refractivity contribution in [3.8, 4) is 6.07 Å². The van der Waals surface area contributed by atoms with Gasteiger partial charge in [-0.3, -0.25) is 0 Å². The van der Waals surface area contributed by atoms with Crippen molar-refractivity contribution in [1.82, 2.24) is 0 Å². The van der Waals surface area contributed by atoms with Crippen LogP contribution < -0.4 is 0 Å². The molecular formula is C11H11NS. The highest BCUT2D eigenvalue weighted by Crippen LogP contribution is 2.26. The quantitative estimate of drug-likeness (QED) is 0.681. The van der Waals surface area contributed by atoms with Crippen LogP contribution in [0.25, 0.3) is 4.91 Å². The first kappa shape index (κ1) is 9.88. The highest BCUT2D eigenvalue weighted by Gasteiger charge is 1.98. The van der Waals surface area contributed by atoms with E-state index < -0.39 is 0 Å². The van der Waals surface area contributed by atoms with Gasteiger partial charge in [-0.05, 0) is 11.3 Å². The summed E-state index contributed by atoms with van der Waals surface area (Å²) in [5.74, 6) is 0.988. The van der Waals surface area contributed by atoms with Crippen molar-refractivity contribution in [2.75, 3.05) is 5.75 Å². The molecule has 0 spiro atoms. The van der Waals surface area contributed by atoms with Crippen LogP contribution in [-0.4, -0.2) is 5.75 Å². The predicted octanol–water partition coefficient (Wildman–Crippen LogP) is 3.30. The molecule has 0 unspecified atom stereocenters. The fourth-order valence-corrected chi connectivity index (χ4v) is 1.77. The van der Waals surface area contributed by atoms with Gasteiger partial charge < -0.3 is 0 Å². The summed E-state index contributed by atoms with van der Waals surface area (Å²) in [7, 11) is 0. The minimum absolute atomic E-state index is 0.988. The topological polar surface area (TPSA) is 23.8 Å². The molecule has 1 rings (SSSR count). The van der Waals surface area contributed by atoms with Gasteiger partial charge in [-0.1, -0.05) is 37.3 Å². The monoisotopic (exact) mass is 189 g/mol. The Bertz CT molecular complexity index is 322. The van der Waals surface area contributed by atoms with Crippen molar-refractivity contribution in [3.63, 3.8) is 0 Å². The van der Waals surface area contributed by atoms with Gasteiger partial charge in [-0.25, -0.2) is 0 Å². The summed E-state index contributed by atoms with van der Waals surface area (Å²) in [5, 5.41) is 8.58. The standard InChI is InChI=1S/C11H11NS/c1-2-13-11(8-9-12)10-6-4-3-5-7-10/h3-8H,2H2,1H3/b11-8-. The maximum Gasteiger partial charge on any atom is 0.0923 e. The molecule has 13 heavy (non-hydrogen) atoms. The molecule has 2 heteroatoms. The van der Waals surface area contributed by atoms with Crippen LogP contribution in [-0.2, 0) is 0 Å². The molecule has 0 aliphatic rings.